The van der Waals surface area contributed by atoms with E-state index in [9.17, 15) is 4.79 Å². The van der Waals surface area contributed by atoms with Gasteiger partial charge in [-0.25, -0.2) is 0 Å². The molecule has 2 N–H and O–H groups in total. The van der Waals surface area contributed by atoms with Gasteiger partial charge in [-0.3, -0.25) is 4.79 Å². The molecule has 0 aliphatic heterocycles. The summed E-state index contributed by atoms with van der Waals surface area (Å²) in [5, 5.41) is 0. The van der Waals surface area contributed by atoms with Crippen LogP contribution in [0.3, 0.4) is 0 Å². The highest BCUT2D eigenvalue weighted by Crippen LogP contribution is 2.18. The van der Waals surface area contributed by atoms with Crippen LogP contribution in [-0.2, 0) is 6.42 Å². The van der Waals surface area contributed by atoms with Crippen LogP contribution in [0.25, 0.3) is 0 Å². The molecule has 2 heteroatoms. The summed E-state index contributed by atoms with van der Waals surface area (Å²) in [6.45, 7) is 2.19. The highest BCUT2D eigenvalue weighted by atomic mass is 16.1. The number of unbranched alkanes of at least 4 members (excludes halogenated alkanes) is 1. The van der Waals surface area contributed by atoms with Crippen molar-refractivity contribution in [2.24, 2.45) is 5.73 Å². The van der Waals surface area contributed by atoms with Crippen LogP contribution in [0.5, 0.6) is 0 Å². The van der Waals surface area contributed by atoms with E-state index in [1.165, 1.54) is 29.5 Å². The predicted octanol–water partition coefficient (Wildman–Crippen LogP) is 4.28. The van der Waals surface area contributed by atoms with Crippen molar-refractivity contribution in [2.75, 3.05) is 0 Å². The van der Waals surface area contributed by atoms with Crippen molar-refractivity contribution >= 4 is 6.29 Å². The summed E-state index contributed by atoms with van der Waals surface area (Å²) >= 11 is 0. The number of rotatable bonds is 7. The Morgan fingerprint density at radius 2 is 1.57 bits per heavy atom. The quantitative estimate of drug-likeness (QED) is 0.770. The zero-order valence-electron chi connectivity index (χ0n) is 12.6. The van der Waals surface area contributed by atoms with Crippen molar-refractivity contribution < 1.29 is 4.79 Å². The van der Waals surface area contributed by atoms with Gasteiger partial charge in [0.2, 0.25) is 0 Å². The summed E-state index contributed by atoms with van der Waals surface area (Å²) in [6, 6.07) is 16.4. The molecular weight excluding hydrogens is 258 g/mol. The van der Waals surface area contributed by atoms with E-state index in [-0.39, 0.29) is 6.04 Å². The number of carbonyl (C=O) groups excluding carboxylic acids is 1. The summed E-state index contributed by atoms with van der Waals surface area (Å²) in [5.74, 6) is 0. The number of carbonyl (C=O) groups is 1. The van der Waals surface area contributed by atoms with Crippen molar-refractivity contribution in [3.8, 4) is 0 Å². The zero-order chi connectivity index (χ0) is 15.1. The normalized spacial score (nSPS) is 12.1. The van der Waals surface area contributed by atoms with Crippen molar-refractivity contribution in [3.63, 3.8) is 0 Å². The second-order valence-corrected chi connectivity index (χ2v) is 5.53. The Balaban J connectivity index is 1.99. The fourth-order valence-corrected chi connectivity index (χ4v) is 2.42. The molecule has 2 aromatic rings. The van der Waals surface area contributed by atoms with E-state index in [0.29, 0.717) is 0 Å². The summed E-state index contributed by atoms with van der Waals surface area (Å²) in [5.41, 5.74) is 10.6. The second kappa shape index (κ2) is 7.75. The third-order valence-electron chi connectivity index (χ3n) is 3.80. The van der Waals surface area contributed by atoms with Gasteiger partial charge in [0.05, 0.1) is 0 Å². The van der Waals surface area contributed by atoms with Crippen molar-refractivity contribution in [3.05, 3.63) is 70.8 Å². The molecule has 0 bridgehead atoms. The Kier molecular flexibility index (Phi) is 5.70. The molecule has 2 rings (SSSR count). The van der Waals surface area contributed by atoms with Gasteiger partial charge in [-0.05, 0) is 29.5 Å². The molecule has 0 fully saturated rings. The molecule has 0 saturated heterocycles. The third-order valence-corrected chi connectivity index (χ3v) is 3.80. The molecule has 0 unspecified atom stereocenters. The largest absolute Gasteiger partial charge is 0.324 e. The van der Waals surface area contributed by atoms with Crippen LogP contribution < -0.4 is 5.73 Å². The van der Waals surface area contributed by atoms with E-state index in [1.807, 2.05) is 24.3 Å². The smallest absolute Gasteiger partial charge is 0.150 e. The Morgan fingerprint density at radius 3 is 2.10 bits per heavy atom. The minimum atomic E-state index is 0.144. The molecule has 21 heavy (non-hydrogen) atoms. The predicted molar refractivity (Wildman–Crippen MR) is 87.5 cm³/mol. The minimum Gasteiger partial charge on any atom is -0.324 e. The highest BCUT2D eigenvalue weighted by molar-refractivity contribution is 5.74. The maximum absolute atomic E-state index is 10.6. The summed E-state index contributed by atoms with van der Waals surface area (Å²) in [4.78, 5) is 10.6. The first-order valence-electron chi connectivity index (χ1n) is 7.61. The van der Waals surface area contributed by atoms with Gasteiger partial charge in [0.25, 0.3) is 0 Å². The fraction of sp³-hybridized carbons (Fsp3) is 0.316. The number of hydrogen-bond acceptors (Lipinski definition) is 2. The molecule has 0 radical (unpaired) electrons. The standard InChI is InChI=1S/C19H23NO/c1-2-3-4-19(20)18-11-9-16(10-12-18)13-15-5-7-17(14-21)8-6-15/h5-12,14,19H,2-4,13,20H2,1H3/t19-/m0/s1. The summed E-state index contributed by atoms with van der Waals surface area (Å²) in [6.07, 6.45) is 5.15. The SMILES string of the molecule is CCCC[C@H](N)c1ccc(Cc2ccc(C=O)cc2)cc1. The van der Waals surface area contributed by atoms with Crippen molar-refractivity contribution in [2.45, 2.75) is 38.6 Å². The molecule has 0 heterocycles. The lowest BCUT2D eigenvalue weighted by Gasteiger charge is -2.12. The first-order chi connectivity index (χ1) is 10.2. The maximum Gasteiger partial charge on any atom is 0.150 e. The van der Waals surface area contributed by atoms with Gasteiger partial charge in [0, 0.05) is 11.6 Å². The Hall–Kier alpha value is -1.93. The van der Waals surface area contributed by atoms with Gasteiger partial charge in [-0.15, -0.1) is 0 Å². The number of aldehydes is 1. The molecule has 0 amide bonds. The van der Waals surface area contributed by atoms with Crippen molar-refractivity contribution in [1.82, 2.24) is 0 Å². The molecule has 2 aromatic carbocycles. The topological polar surface area (TPSA) is 43.1 Å². The fourth-order valence-electron chi connectivity index (χ4n) is 2.42. The van der Waals surface area contributed by atoms with E-state index in [0.717, 1.165) is 24.7 Å². The van der Waals surface area contributed by atoms with E-state index in [4.69, 9.17) is 5.73 Å². The average Bonchev–Trinajstić information content (AvgIpc) is 2.54. The molecule has 0 spiro atoms. The van der Waals surface area contributed by atoms with Gasteiger partial charge in [0.1, 0.15) is 6.29 Å². The van der Waals surface area contributed by atoms with Crippen LogP contribution in [0.15, 0.2) is 48.5 Å². The van der Waals surface area contributed by atoms with E-state index < -0.39 is 0 Å². The van der Waals surface area contributed by atoms with E-state index in [2.05, 4.69) is 31.2 Å². The first-order valence-corrected chi connectivity index (χ1v) is 7.61. The minimum absolute atomic E-state index is 0.144. The first kappa shape index (κ1) is 15.5. The highest BCUT2D eigenvalue weighted by Gasteiger charge is 2.05. The molecule has 2 nitrogen and oxygen atoms in total. The summed E-state index contributed by atoms with van der Waals surface area (Å²) in [7, 11) is 0. The van der Waals surface area contributed by atoms with Gasteiger partial charge in [0.15, 0.2) is 0 Å². The van der Waals surface area contributed by atoms with Gasteiger partial charge in [-0.1, -0.05) is 68.3 Å². The summed E-state index contributed by atoms with van der Waals surface area (Å²) < 4.78 is 0. The van der Waals surface area contributed by atoms with Gasteiger partial charge in [-0.2, -0.15) is 0 Å². The Morgan fingerprint density at radius 1 is 1.00 bits per heavy atom. The molecule has 0 saturated carbocycles. The molecule has 0 aliphatic rings. The lowest BCUT2D eigenvalue weighted by Crippen LogP contribution is -2.09. The zero-order valence-corrected chi connectivity index (χ0v) is 12.6. The molecule has 110 valence electrons. The van der Waals surface area contributed by atoms with Crippen LogP contribution in [0, 0.1) is 0 Å². The molecular formula is C19H23NO. The molecule has 0 aliphatic carbocycles. The number of benzene rings is 2. The monoisotopic (exact) mass is 281 g/mol. The average molecular weight is 281 g/mol. The molecule has 0 aromatic heterocycles. The van der Waals surface area contributed by atoms with Crippen LogP contribution in [0.1, 0.15) is 59.3 Å². The van der Waals surface area contributed by atoms with E-state index in [1.54, 1.807) is 0 Å². The van der Waals surface area contributed by atoms with Crippen LogP contribution in [-0.4, -0.2) is 6.29 Å². The van der Waals surface area contributed by atoms with Crippen LogP contribution in [0.4, 0.5) is 0 Å². The Bertz CT molecular complexity index is 557. The van der Waals surface area contributed by atoms with E-state index >= 15 is 0 Å². The maximum atomic E-state index is 10.6. The number of hydrogen-bond donors (Lipinski definition) is 1. The van der Waals surface area contributed by atoms with Gasteiger partial charge < -0.3 is 5.73 Å². The lowest BCUT2D eigenvalue weighted by molar-refractivity contribution is 0.112. The lowest BCUT2D eigenvalue weighted by atomic mass is 9.98. The number of nitrogens with two attached hydrogens (primary N) is 1. The second-order valence-electron chi connectivity index (χ2n) is 5.53. The third kappa shape index (κ3) is 4.54. The van der Waals surface area contributed by atoms with Crippen molar-refractivity contribution in [1.29, 1.82) is 0 Å². The van der Waals surface area contributed by atoms with Crippen LogP contribution >= 0.6 is 0 Å². The molecule has 1 atom stereocenters. The Labute approximate surface area is 127 Å². The van der Waals surface area contributed by atoms with Gasteiger partial charge >= 0.3 is 0 Å². The van der Waals surface area contributed by atoms with Crippen LogP contribution in [0.2, 0.25) is 0 Å².